The minimum absolute atomic E-state index is 0.116. The quantitative estimate of drug-likeness (QED) is 0.527. The van der Waals surface area contributed by atoms with E-state index < -0.39 is 10.8 Å². The molecule has 0 aliphatic heterocycles. The molecule has 1 amide bonds. The molecule has 0 radical (unpaired) electrons. The molecule has 1 aromatic carbocycles. The summed E-state index contributed by atoms with van der Waals surface area (Å²) >= 11 is 11.6. The second-order valence-corrected chi connectivity index (χ2v) is 4.99. The van der Waals surface area contributed by atoms with Gasteiger partial charge >= 0.3 is 0 Å². The average molecular weight is 326 g/mol. The SMILES string of the molecule is Cc1ccc([N+](=O)[O-])cc1NC(=O)c1cc(Cl)ncc1Cl. The lowest BCUT2D eigenvalue weighted by Crippen LogP contribution is -2.13. The smallest absolute Gasteiger partial charge is 0.271 e. The summed E-state index contributed by atoms with van der Waals surface area (Å²) in [5.74, 6) is -0.520. The van der Waals surface area contributed by atoms with Crippen LogP contribution in [-0.2, 0) is 0 Å². The number of carbonyl (C=O) groups is 1. The predicted molar refractivity (Wildman–Crippen MR) is 80.0 cm³/mol. The fourth-order valence-electron chi connectivity index (χ4n) is 1.64. The van der Waals surface area contributed by atoms with Gasteiger partial charge in [0.2, 0.25) is 0 Å². The van der Waals surface area contributed by atoms with Crippen LogP contribution < -0.4 is 5.32 Å². The van der Waals surface area contributed by atoms with Crippen LogP contribution in [0.25, 0.3) is 0 Å². The first kappa shape index (κ1) is 15.2. The Bertz CT molecular complexity index is 735. The van der Waals surface area contributed by atoms with Gasteiger partial charge in [0.25, 0.3) is 11.6 Å². The fourth-order valence-corrected chi connectivity index (χ4v) is 1.98. The van der Waals surface area contributed by atoms with Crippen molar-refractivity contribution in [1.29, 1.82) is 0 Å². The number of aryl methyl sites for hydroxylation is 1. The summed E-state index contributed by atoms with van der Waals surface area (Å²) in [6, 6.07) is 5.52. The lowest BCUT2D eigenvalue weighted by Gasteiger charge is -2.09. The first-order chi connectivity index (χ1) is 9.88. The monoisotopic (exact) mass is 325 g/mol. The van der Waals surface area contributed by atoms with Crippen molar-refractivity contribution in [3.8, 4) is 0 Å². The number of hydrogen-bond acceptors (Lipinski definition) is 4. The molecule has 0 unspecified atom stereocenters. The number of rotatable bonds is 3. The van der Waals surface area contributed by atoms with Crippen molar-refractivity contribution in [3.05, 3.63) is 61.9 Å². The number of benzene rings is 1. The number of anilines is 1. The van der Waals surface area contributed by atoms with Crippen LogP contribution in [0.3, 0.4) is 0 Å². The van der Waals surface area contributed by atoms with Crippen molar-refractivity contribution in [1.82, 2.24) is 4.98 Å². The van der Waals surface area contributed by atoms with Crippen molar-refractivity contribution in [2.45, 2.75) is 6.92 Å². The number of halogens is 2. The zero-order chi connectivity index (χ0) is 15.6. The maximum atomic E-state index is 12.2. The highest BCUT2D eigenvalue weighted by atomic mass is 35.5. The number of nitrogens with one attached hydrogen (secondary N) is 1. The molecule has 0 spiro atoms. The Kier molecular flexibility index (Phi) is 4.40. The molecular weight excluding hydrogens is 317 g/mol. The van der Waals surface area contributed by atoms with Gasteiger partial charge in [-0.15, -0.1) is 0 Å². The molecule has 1 N–H and O–H groups in total. The van der Waals surface area contributed by atoms with Crippen LogP contribution in [0.4, 0.5) is 11.4 Å². The summed E-state index contributed by atoms with van der Waals surface area (Å²) in [5.41, 5.74) is 1.04. The highest BCUT2D eigenvalue weighted by Crippen LogP contribution is 2.24. The molecule has 0 bridgehead atoms. The van der Waals surface area contributed by atoms with Gasteiger partial charge in [-0.25, -0.2) is 4.98 Å². The third kappa shape index (κ3) is 3.48. The lowest BCUT2D eigenvalue weighted by atomic mass is 10.1. The normalized spacial score (nSPS) is 10.2. The number of aromatic nitrogens is 1. The summed E-state index contributed by atoms with van der Waals surface area (Å²) in [6.45, 7) is 1.72. The summed E-state index contributed by atoms with van der Waals surface area (Å²) in [5, 5.41) is 13.6. The number of nitro groups is 1. The molecule has 0 aliphatic carbocycles. The molecule has 0 saturated carbocycles. The first-order valence-corrected chi connectivity index (χ1v) is 6.51. The van der Waals surface area contributed by atoms with Crippen molar-refractivity contribution in [3.63, 3.8) is 0 Å². The van der Waals surface area contributed by atoms with E-state index in [4.69, 9.17) is 23.2 Å². The molecule has 21 heavy (non-hydrogen) atoms. The molecule has 2 rings (SSSR count). The van der Waals surface area contributed by atoms with Gasteiger partial charge in [0.15, 0.2) is 0 Å². The van der Waals surface area contributed by atoms with Crippen molar-refractivity contribution in [2.75, 3.05) is 5.32 Å². The molecule has 1 aromatic heterocycles. The number of amides is 1. The minimum atomic E-state index is -0.536. The van der Waals surface area contributed by atoms with Crippen LogP contribution in [0, 0.1) is 17.0 Å². The van der Waals surface area contributed by atoms with Crippen LogP contribution in [0.15, 0.2) is 30.5 Å². The molecule has 0 saturated heterocycles. The number of nitro benzene ring substituents is 1. The van der Waals surface area contributed by atoms with Gasteiger partial charge in [-0.2, -0.15) is 0 Å². The molecule has 108 valence electrons. The Morgan fingerprint density at radius 3 is 2.71 bits per heavy atom. The molecule has 2 aromatic rings. The number of pyridine rings is 1. The Morgan fingerprint density at radius 2 is 2.05 bits per heavy atom. The van der Waals surface area contributed by atoms with E-state index in [1.54, 1.807) is 13.0 Å². The van der Waals surface area contributed by atoms with Gasteiger partial charge in [-0.05, 0) is 18.6 Å². The van der Waals surface area contributed by atoms with Gasteiger partial charge in [0.05, 0.1) is 21.2 Å². The van der Waals surface area contributed by atoms with E-state index in [1.807, 2.05) is 0 Å². The van der Waals surface area contributed by atoms with Gasteiger partial charge in [0, 0.05) is 18.3 Å². The zero-order valence-corrected chi connectivity index (χ0v) is 12.3. The molecule has 0 aliphatic rings. The molecule has 0 fully saturated rings. The number of carbonyl (C=O) groups excluding carboxylic acids is 1. The van der Waals surface area contributed by atoms with E-state index >= 15 is 0 Å². The third-order valence-electron chi connectivity index (χ3n) is 2.75. The van der Waals surface area contributed by atoms with E-state index in [0.717, 1.165) is 0 Å². The van der Waals surface area contributed by atoms with Crippen molar-refractivity contribution >= 4 is 40.5 Å². The number of non-ortho nitro benzene ring substituents is 1. The summed E-state index contributed by atoms with van der Waals surface area (Å²) in [7, 11) is 0. The van der Waals surface area contributed by atoms with E-state index in [9.17, 15) is 14.9 Å². The molecular formula is C13H9Cl2N3O3. The first-order valence-electron chi connectivity index (χ1n) is 5.76. The van der Waals surface area contributed by atoms with Crippen LogP contribution in [0.2, 0.25) is 10.2 Å². The van der Waals surface area contributed by atoms with Crippen LogP contribution in [0.5, 0.6) is 0 Å². The zero-order valence-electron chi connectivity index (χ0n) is 10.8. The lowest BCUT2D eigenvalue weighted by molar-refractivity contribution is -0.384. The second-order valence-electron chi connectivity index (χ2n) is 4.20. The Hall–Kier alpha value is -2.18. The standard InChI is InChI=1S/C13H9Cl2N3O3/c1-7-2-3-8(18(20)21)4-11(7)17-13(19)9-5-12(15)16-6-10(9)14/h2-6H,1H3,(H,17,19). The Morgan fingerprint density at radius 1 is 1.33 bits per heavy atom. The maximum Gasteiger partial charge on any atom is 0.271 e. The molecule has 6 nitrogen and oxygen atoms in total. The molecule has 8 heteroatoms. The average Bonchev–Trinajstić information content (AvgIpc) is 2.43. The van der Waals surface area contributed by atoms with Crippen LogP contribution >= 0.6 is 23.2 Å². The van der Waals surface area contributed by atoms with E-state index in [-0.39, 0.29) is 21.4 Å². The second kappa shape index (κ2) is 6.07. The molecule has 1 heterocycles. The summed E-state index contributed by atoms with van der Waals surface area (Å²) in [6.07, 6.45) is 1.26. The topological polar surface area (TPSA) is 85.1 Å². The Balaban J connectivity index is 2.33. The molecule has 0 atom stereocenters. The predicted octanol–water partition coefficient (Wildman–Crippen LogP) is 3.86. The minimum Gasteiger partial charge on any atom is -0.321 e. The van der Waals surface area contributed by atoms with Crippen molar-refractivity contribution < 1.29 is 9.72 Å². The highest BCUT2D eigenvalue weighted by molar-refractivity contribution is 6.35. The largest absolute Gasteiger partial charge is 0.321 e. The van der Waals surface area contributed by atoms with Gasteiger partial charge in [-0.3, -0.25) is 14.9 Å². The van der Waals surface area contributed by atoms with Gasteiger partial charge in [0.1, 0.15) is 5.15 Å². The fraction of sp³-hybridized carbons (Fsp3) is 0.0769. The highest BCUT2D eigenvalue weighted by Gasteiger charge is 2.15. The summed E-state index contributed by atoms with van der Waals surface area (Å²) in [4.78, 5) is 26.1. The van der Waals surface area contributed by atoms with E-state index in [0.29, 0.717) is 11.3 Å². The van der Waals surface area contributed by atoms with E-state index in [1.165, 1.54) is 24.4 Å². The van der Waals surface area contributed by atoms with Crippen LogP contribution in [-0.4, -0.2) is 15.8 Å². The summed E-state index contributed by atoms with van der Waals surface area (Å²) < 4.78 is 0. The van der Waals surface area contributed by atoms with E-state index in [2.05, 4.69) is 10.3 Å². The maximum absolute atomic E-state index is 12.2. The van der Waals surface area contributed by atoms with Crippen LogP contribution in [0.1, 0.15) is 15.9 Å². The Labute approximate surface area is 129 Å². The van der Waals surface area contributed by atoms with Gasteiger partial charge < -0.3 is 5.32 Å². The van der Waals surface area contributed by atoms with Crippen molar-refractivity contribution in [2.24, 2.45) is 0 Å². The number of hydrogen-bond donors (Lipinski definition) is 1. The van der Waals surface area contributed by atoms with Gasteiger partial charge in [-0.1, -0.05) is 29.3 Å². The number of nitrogens with zero attached hydrogens (tertiary/aromatic N) is 2. The third-order valence-corrected chi connectivity index (χ3v) is 3.25.